The van der Waals surface area contributed by atoms with Crippen molar-refractivity contribution < 1.29 is 12.8 Å². The molecule has 3 nitrogen and oxygen atoms in total. The molecule has 0 aliphatic carbocycles. The van der Waals surface area contributed by atoms with Crippen molar-refractivity contribution in [2.24, 2.45) is 0 Å². The largest absolute Gasteiger partial charge is 0.469 e. The van der Waals surface area contributed by atoms with Gasteiger partial charge < -0.3 is 4.42 Å². The molecule has 0 amide bonds. The van der Waals surface area contributed by atoms with Gasteiger partial charge in [-0.1, -0.05) is 12.2 Å². The third-order valence-electron chi connectivity index (χ3n) is 1.38. The number of rotatable bonds is 4. The van der Waals surface area contributed by atoms with Crippen molar-refractivity contribution in [1.82, 2.24) is 0 Å². The van der Waals surface area contributed by atoms with Crippen LogP contribution in [0.2, 0.25) is 0 Å². The second kappa shape index (κ2) is 3.98. The van der Waals surface area contributed by atoms with Gasteiger partial charge in [-0.3, -0.25) is 0 Å². The highest BCUT2D eigenvalue weighted by Crippen LogP contribution is 2.10. The molecule has 0 atom stereocenters. The fourth-order valence-electron chi connectivity index (χ4n) is 0.954. The Kier molecular flexibility index (Phi) is 3.17. The van der Waals surface area contributed by atoms with E-state index in [9.17, 15) is 8.42 Å². The lowest BCUT2D eigenvalue weighted by atomic mass is 10.2. The van der Waals surface area contributed by atoms with E-state index in [-0.39, 0.29) is 5.75 Å². The maximum atomic E-state index is 10.6. The smallest absolute Gasteiger partial charge is 0.236 e. The normalized spacial score (nSPS) is 11.5. The standard InChI is InChI=1S/C8H9ClO3S/c1-7(6-13(9,10)11)5-8-3-2-4-12-8/h2-4H,1,5-6H2. The van der Waals surface area contributed by atoms with Gasteiger partial charge in [-0.2, -0.15) is 0 Å². The Morgan fingerprint density at radius 1 is 1.62 bits per heavy atom. The van der Waals surface area contributed by atoms with Crippen molar-refractivity contribution in [3.8, 4) is 0 Å². The molecule has 1 heterocycles. The first-order valence-electron chi connectivity index (χ1n) is 3.59. The third kappa shape index (κ3) is 4.15. The topological polar surface area (TPSA) is 47.3 Å². The molecule has 0 unspecified atom stereocenters. The fraction of sp³-hybridized carbons (Fsp3) is 0.250. The molecule has 0 saturated heterocycles. The van der Waals surface area contributed by atoms with Gasteiger partial charge in [-0.25, -0.2) is 8.42 Å². The Bertz CT molecular complexity index is 378. The van der Waals surface area contributed by atoms with E-state index in [1.54, 1.807) is 12.1 Å². The molecule has 1 rings (SSSR count). The molecular formula is C8H9ClO3S. The average Bonchev–Trinajstić information content (AvgIpc) is 2.34. The Morgan fingerprint density at radius 2 is 2.31 bits per heavy atom. The molecule has 0 saturated carbocycles. The Morgan fingerprint density at radius 3 is 2.77 bits per heavy atom. The van der Waals surface area contributed by atoms with Gasteiger partial charge in [0.15, 0.2) is 0 Å². The molecule has 0 radical (unpaired) electrons. The molecular weight excluding hydrogens is 212 g/mol. The van der Waals surface area contributed by atoms with Crippen LogP contribution in [0.4, 0.5) is 0 Å². The van der Waals surface area contributed by atoms with Gasteiger partial charge in [0.25, 0.3) is 0 Å². The van der Waals surface area contributed by atoms with Crippen LogP contribution in [-0.4, -0.2) is 14.2 Å². The van der Waals surface area contributed by atoms with E-state index >= 15 is 0 Å². The van der Waals surface area contributed by atoms with E-state index in [0.717, 1.165) is 0 Å². The summed E-state index contributed by atoms with van der Waals surface area (Å²) in [6, 6.07) is 3.49. The van der Waals surface area contributed by atoms with Gasteiger partial charge in [0.2, 0.25) is 9.05 Å². The minimum absolute atomic E-state index is 0.213. The lowest BCUT2D eigenvalue weighted by Crippen LogP contribution is -2.01. The van der Waals surface area contributed by atoms with Gasteiger partial charge in [0.1, 0.15) is 5.76 Å². The van der Waals surface area contributed by atoms with E-state index in [1.165, 1.54) is 6.26 Å². The summed E-state index contributed by atoms with van der Waals surface area (Å²) in [5, 5.41) is 0. The minimum atomic E-state index is -3.50. The zero-order valence-corrected chi connectivity index (χ0v) is 8.44. The highest BCUT2D eigenvalue weighted by Gasteiger charge is 2.09. The number of hydrogen-bond donors (Lipinski definition) is 0. The summed E-state index contributed by atoms with van der Waals surface area (Å²) in [5.41, 5.74) is 0.518. The van der Waals surface area contributed by atoms with Gasteiger partial charge >= 0.3 is 0 Å². The Labute approximate surface area is 81.4 Å². The van der Waals surface area contributed by atoms with Crippen LogP contribution in [-0.2, 0) is 15.5 Å². The van der Waals surface area contributed by atoms with Gasteiger partial charge in [0.05, 0.1) is 12.0 Å². The van der Waals surface area contributed by atoms with E-state index in [0.29, 0.717) is 17.8 Å². The van der Waals surface area contributed by atoms with Crippen molar-refractivity contribution in [3.63, 3.8) is 0 Å². The van der Waals surface area contributed by atoms with Gasteiger partial charge in [-0.05, 0) is 12.1 Å². The predicted molar refractivity (Wildman–Crippen MR) is 51.2 cm³/mol. The van der Waals surface area contributed by atoms with Crippen molar-refractivity contribution in [2.45, 2.75) is 6.42 Å². The molecule has 0 aliphatic rings. The van der Waals surface area contributed by atoms with Crippen LogP contribution in [0.1, 0.15) is 5.76 Å². The van der Waals surface area contributed by atoms with Crippen LogP contribution in [0.25, 0.3) is 0 Å². The van der Waals surface area contributed by atoms with E-state index < -0.39 is 9.05 Å². The van der Waals surface area contributed by atoms with E-state index in [4.69, 9.17) is 15.1 Å². The zero-order valence-electron chi connectivity index (χ0n) is 6.86. The first kappa shape index (κ1) is 10.3. The second-order valence-corrected chi connectivity index (χ2v) is 5.47. The SMILES string of the molecule is C=C(Cc1ccco1)CS(=O)(=O)Cl. The van der Waals surface area contributed by atoms with E-state index in [1.807, 2.05) is 0 Å². The van der Waals surface area contributed by atoms with E-state index in [2.05, 4.69) is 6.58 Å². The maximum absolute atomic E-state index is 10.6. The Hall–Kier alpha value is -0.740. The van der Waals surface area contributed by atoms with Gasteiger partial charge in [-0.15, -0.1) is 0 Å². The lowest BCUT2D eigenvalue weighted by Gasteiger charge is -1.99. The third-order valence-corrected chi connectivity index (χ3v) is 2.46. The summed E-state index contributed by atoms with van der Waals surface area (Å²) in [5.74, 6) is 0.472. The summed E-state index contributed by atoms with van der Waals surface area (Å²) < 4.78 is 26.3. The van der Waals surface area contributed by atoms with Crippen molar-refractivity contribution in [1.29, 1.82) is 0 Å². The summed E-state index contributed by atoms with van der Waals surface area (Å²) in [4.78, 5) is 0. The van der Waals surface area contributed by atoms with Crippen LogP contribution < -0.4 is 0 Å². The molecule has 0 aliphatic heterocycles. The molecule has 1 aromatic rings. The quantitative estimate of drug-likeness (QED) is 0.576. The minimum Gasteiger partial charge on any atom is -0.469 e. The van der Waals surface area contributed by atoms with Gasteiger partial charge in [0, 0.05) is 17.1 Å². The molecule has 0 N–H and O–H groups in total. The first-order valence-corrected chi connectivity index (χ1v) is 6.06. The molecule has 0 bridgehead atoms. The summed E-state index contributed by atoms with van der Waals surface area (Å²) in [7, 11) is 1.55. The lowest BCUT2D eigenvalue weighted by molar-refractivity contribution is 0.519. The molecule has 5 heteroatoms. The maximum Gasteiger partial charge on any atom is 0.236 e. The van der Waals surface area contributed by atoms with Crippen molar-refractivity contribution in [3.05, 3.63) is 36.3 Å². The molecule has 13 heavy (non-hydrogen) atoms. The second-order valence-electron chi connectivity index (χ2n) is 2.69. The van der Waals surface area contributed by atoms with Crippen LogP contribution >= 0.6 is 10.7 Å². The fourth-order valence-corrected chi connectivity index (χ4v) is 2.01. The predicted octanol–water partition coefficient (Wildman–Crippen LogP) is 1.95. The average molecular weight is 221 g/mol. The number of halogens is 1. The van der Waals surface area contributed by atoms with Crippen molar-refractivity contribution in [2.75, 3.05) is 5.75 Å². The molecule has 0 fully saturated rings. The number of furan rings is 1. The summed E-state index contributed by atoms with van der Waals surface area (Å²) in [6.45, 7) is 3.59. The molecule has 1 aromatic heterocycles. The number of hydrogen-bond acceptors (Lipinski definition) is 3. The molecule has 0 aromatic carbocycles. The monoisotopic (exact) mass is 220 g/mol. The van der Waals surface area contributed by atoms with Crippen LogP contribution in [0.15, 0.2) is 35.0 Å². The molecule has 0 spiro atoms. The zero-order chi connectivity index (χ0) is 9.90. The van der Waals surface area contributed by atoms with Crippen molar-refractivity contribution >= 4 is 19.7 Å². The van der Waals surface area contributed by atoms with Crippen LogP contribution in [0, 0.1) is 0 Å². The first-order chi connectivity index (χ1) is 5.97. The van der Waals surface area contributed by atoms with Crippen LogP contribution in [0.3, 0.4) is 0 Å². The highest BCUT2D eigenvalue weighted by atomic mass is 35.7. The summed E-state index contributed by atoms with van der Waals surface area (Å²) >= 11 is 0. The Balaban J connectivity index is 2.53. The highest BCUT2D eigenvalue weighted by molar-refractivity contribution is 8.13. The van der Waals surface area contributed by atoms with Crippen LogP contribution in [0.5, 0.6) is 0 Å². The summed E-state index contributed by atoms with van der Waals surface area (Å²) in [6.07, 6.45) is 1.93. The molecule has 72 valence electrons.